The van der Waals surface area contributed by atoms with Crippen LogP contribution in [0.25, 0.3) is 0 Å². The molecule has 0 heterocycles. The van der Waals surface area contributed by atoms with Crippen molar-refractivity contribution < 1.29 is 24.2 Å². The summed E-state index contributed by atoms with van der Waals surface area (Å²) in [4.78, 5) is 34.7. The molecule has 0 aliphatic carbocycles. The van der Waals surface area contributed by atoms with Crippen molar-refractivity contribution >= 4 is 29.6 Å². The van der Waals surface area contributed by atoms with Crippen molar-refractivity contribution in [1.29, 1.82) is 0 Å². The number of carbonyl (C=O) groups is 3. The molecule has 1 amide bonds. The summed E-state index contributed by atoms with van der Waals surface area (Å²) in [6, 6.07) is 8.23. The molecule has 0 spiro atoms. The van der Waals surface area contributed by atoms with Gasteiger partial charge >= 0.3 is 11.9 Å². The molecule has 6 nitrogen and oxygen atoms in total. The van der Waals surface area contributed by atoms with Gasteiger partial charge in [-0.1, -0.05) is 18.2 Å². The first-order chi connectivity index (χ1) is 10.0. The van der Waals surface area contributed by atoms with Crippen molar-refractivity contribution in [2.24, 2.45) is 0 Å². The van der Waals surface area contributed by atoms with Gasteiger partial charge in [0.25, 0.3) is 0 Å². The first kappa shape index (κ1) is 17.0. The van der Waals surface area contributed by atoms with Gasteiger partial charge in [0, 0.05) is 11.3 Å². The third-order valence-corrected chi connectivity index (χ3v) is 3.62. The number of nitrogens with one attached hydrogen (secondary N) is 1. The molecule has 1 aromatic rings. The van der Waals surface area contributed by atoms with Gasteiger partial charge < -0.3 is 15.2 Å². The number of rotatable bonds is 8. The number of benzene rings is 1. The standard InChI is InChI=1S/C14H17NO5S/c1-20-13(17)8-7-11(14(18)19)15-12(16)9-21-10-5-3-2-4-6-10/h2-6,11H,7-9H2,1H3,(H,15,16)(H,18,19)/t11-/m1/s1. The molecule has 114 valence electrons. The fourth-order valence-electron chi connectivity index (χ4n) is 1.52. The lowest BCUT2D eigenvalue weighted by Crippen LogP contribution is -2.42. The van der Waals surface area contributed by atoms with Gasteiger partial charge in [0.05, 0.1) is 12.9 Å². The molecule has 0 fully saturated rings. The highest BCUT2D eigenvalue weighted by atomic mass is 32.2. The maximum atomic E-state index is 11.7. The molecule has 0 radical (unpaired) electrons. The van der Waals surface area contributed by atoms with Gasteiger partial charge in [-0.05, 0) is 18.6 Å². The van der Waals surface area contributed by atoms with Crippen LogP contribution in [0.3, 0.4) is 0 Å². The van der Waals surface area contributed by atoms with E-state index in [2.05, 4.69) is 10.1 Å². The number of carbonyl (C=O) groups excluding carboxylic acids is 2. The number of amides is 1. The maximum absolute atomic E-state index is 11.7. The summed E-state index contributed by atoms with van der Waals surface area (Å²) in [6.07, 6.45) is -0.0523. The second-order valence-electron chi connectivity index (χ2n) is 4.17. The van der Waals surface area contributed by atoms with Crippen molar-refractivity contribution in [3.63, 3.8) is 0 Å². The third kappa shape index (κ3) is 6.80. The molecule has 0 bridgehead atoms. The van der Waals surface area contributed by atoms with Crippen LogP contribution in [0.5, 0.6) is 0 Å². The van der Waals surface area contributed by atoms with Crippen molar-refractivity contribution in [1.82, 2.24) is 5.32 Å². The molecule has 2 N–H and O–H groups in total. The maximum Gasteiger partial charge on any atom is 0.326 e. The first-order valence-corrected chi connectivity index (χ1v) is 7.28. The Hall–Kier alpha value is -2.02. The van der Waals surface area contributed by atoms with Crippen LogP contribution in [0.4, 0.5) is 0 Å². The van der Waals surface area contributed by atoms with E-state index in [1.165, 1.54) is 18.9 Å². The normalized spacial score (nSPS) is 11.5. The highest BCUT2D eigenvalue weighted by Gasteiger charge is 2.21. The first-order valence-electron chi connectivity index (χ1n) is 6.29. The van der Waals surface area contributed by atoms with E-state index >= 15 is 0 Å². The monoisotopic (exact) mass is 311 g/mol. The molecular weight excluding hydrogens is 294 g/mol. The SMILES string of the molecule is COC(=O)CC[C@@H](NC(=O)CSc1ccccc1)C(=O)O. The largest absolute Gasteiger partial charge is 0.480 e. The van der Waals surface area contributed by atoms with Crippen LogP contribution >= 0.6 is 11.8 Å². The quantitative estimate of drug-likeness (QED) is 0.555. The Bertz CT molecular complexity index is 491. The minimum Gasteiger partial charge on any atom is -0.480 e. The molecule has 1 atom stereocenters. The highest BCUT2D eigenvalue weighted by Crippen LogP contribution is 2.16. The van der Waals surface area contributed by atoms with Crippen LogP contribution in [0.2, 0.25) is 0 Å². The van der Waals surface area contributed by atoms with E-state index in [1.807, 2.05) is 30.3 Å². The number of thioether (sulfide) groups is 1. The summed E-state index contributed by atoms with van der Waals surface area (Å²) in [5, 5.41) is 11.4. The van der Waals surface area contributed by atoms with Crippen LogP contribution in [0.1, 0.15) is 12.8 Å². The molecule has 0 aliphatic rings. The van der Waals surface area contributed by atoms with Crippen LogP contribution in [-0.2, 0) is 19.1 Å². The molecule has 7 heteroatoms. The van der Waals surface area contributed by atoms with Crippen LogP contribution < -0.4 is 5.32 Å². The predicted octanol–water partition coefficient (Wildman–Crippen LogP) is 1.30. The zero-order valence-electron chi connectivity index (χ0n) is 11.6. The van der Waals surface area contributed by atoms with Gasteiger partial charge in [-0.15, -0.1) is 11.8 Å². The minimum atomic E-state index is -1.17. The summed E-state index contributed by atoms with van der Waals surface area (Å²) in [6.45, 7) is 0. The summed E-state index contributed by atoms with van der Waals surface area (Å²) in [7, 11) is 1.23. The molecular formula is C14H17NO5S. The summed E-state index contributed by atoms with van der Waals surface area (Å²) < 4.78 is 4.44. The Morgan fingerprint density at radius 2 is 1.95 bits per heavy atom. The Morgan fingerprint density at radius 3 is 2.52 bits per heavy atom. The van der Waals surface area contributed by atoms with Crippen LogP contribution in [0, 0.1) is 0 Å². The van der Waals surface area contributed by atoms with E-state index < -0.39 is 18.0 Å². The molecule has 21 heavy (non-hydrogen) atoms. The lowest BCUT2D eigenvalue weighted by molar-refractivity contribution is -0.143. The predicted molar refractivity (Wildman–Crippen MR) is 78.0 cm³/mol. The van der Waals surface area contributed by atoms with Gasteiger partial charge in [0.15, 0.2) is 0 Å². The van der Waals surface area contributed by atoms with Crippen molar-refractivity contribution in [3.8, 4) is 0 Å². The summed E-state index contributed by atoms with van der Waals surface area (Å²) >= 11 is 1.31. The molecule has 0 saturated heterocycles. The second kappa shape index (κ2) is 9.02. The number of hydrogen-bond donors (Lipinski definition) is 2. The van der Waals surface area contributed by atoms with Gasteiger partial charge in [0.2, 0.25) is 5.91 Å². The fraction of sp³-hybridized carbons (Fsp3) is 0.357. The lowest BCUT2D eigenvalue weighted by atomic mass is 10.1. The lowest BCUT2D eigenvalue weighted by Gasteiger charge is -2.13. The van der Waals surface area contributed by atoms with E-state index in [-0.39, 0.29) is 24.5 Å². The van der Waals surface area contributed by atoms with E-state index in [4.69, 9.17) is 5.11 Å². The number of carboxylic acid groups (broad SMARTS) is 1. The van der Waals surface area contributed by atoms with E-state index in [9.17, 15) is 14.4 Å². The smallest absolute Gasteiger partial charge is 0.326 e. The Balaban J connectivity index is 2.41. The summed E-state index contributed by atoms with van der Waals surface area (Å²) in [5.74, 6) is -1.95. The molecule has 0 aliphatic heterocycles. The molecule has 1 rings (SSSR count). The Kier molecular flexibility index (Phi) is 7.31. The topological polar surface area (TPSA) is 92.7 Å². The average Bonchev–Trinajstić information content (AvgIpc) is 2.49. The van der Waals surface area contributed by atoms with Crippen molar-refractivity contribution in [2.75, 3.05) is 12.9 Å². The third-order valence-electron chi connectivity index (χ3n) is 2.61. The van der Waals surface area contributed by atoms with Gasteiger partial charge in [-0.2, -0.15) is 0 Å². The molecule has 1 aromatic carbocycles. The Morgan fingerprint density at radius 1 is 1.29 bits per heavy atom. The number of esters is 1. The fourth-order valence-corrected chi connectivity index (χ4v) is 2.25. The van der Waals surface area contributed by atoms with Crippen molar-refractivity contribution in [3.05, 3.63) is 30.3 Å². The zero-order chi connectivity index (χ0) is 15.7. The number of hydrogen-bond acceptors (Lipinski definition) is 5. The minimum absolute atomic E-state index is 0.00372. The van der Waals surface area contributed by atoms with Gasteiger partial charge in [-0.3, -0.25) is 9.59 Å². The van der Waals surface area contributed by atoms with Gasteiger partial charge in [-0.25, -0.2) is 4.79 Å². The Labute approximate surface area is 126 Å². The van der Waals surface area contributed by atoms with Gasteiger partial charge in [0.1, 0.15) is 6.04 Å². The molecule has 0 saturated carbocycles. The van der Waals surface area contributed by atoms with Crippen LogP contribution in [0.15, 0.2) is 35.2 Å². The molecule has 0 aromatic heterocycles. The number of carboxylic acids is 1. The number of ether oxygens (including phenoxy) is 1. The van der Waals surface area contributed by atoms with E-state index in [0.29, 0.717) is 0 Å². The zero-order valence-corrected chi connectivity index (χ0v) is 12.4. The number of aliphatic carboxylic acids is 1. The van der Waals surface area contributed by atoms with Crippen LogP contribution in [-0.4, -0.2) is 41.9 Å². The molecule has 0 unspecified atom stereocenters. The average molecular weight is 311 g/mol. The van der Waals surface area contributed by atoms with E-state index in [0.717, 1.165) is 4.90 Å². The highest BCUT2D eigenvalue weighted by molar-refractivity contribution is 8.00. The van der Waals surface area contributed by atoms with E-state index in [1.54, 1.807) is 0 Å². The van der Waals surface area contributed by atoms with Crippen molar-refractivity contribution in [2.45, 2.75) is 23.8 Å². The second-order valence-corrected chi connectivity index (χ2v) is 5.22. The number of methoxy groups -OCH3 is 1. The summed E-state index contributed by atoms with van der Waals surface area (Å²) in [5.41, 5.74) is 0.